The third kappa shape index (κ3) is 2.67. The normalized spacial score (nSPS) is 30.1. The minimum atomic E-state index is 0.537. The molecule has 16 heavy (non-hydrogen) atoms. The second kappa shape index (κ2) is 5.05. The number of hydrogen-bond donors (Lipinski definition) is 1. The smallest absolute Gasteiger partial charge is 0.131 e. The Kier molecular flexibility index (Phi) is 3.70. The highest BCUT2D eigenvalue weighted by Crippen LogP contribution is 2.31. The Bertz CT molecular complexity index is 354. The lowest BCUT2D eigenvalue weighted by Crippen LogP contribution is -2.35. The first-order valence-electron chi connectivity index (χ1n) is 6.06. The molecular weight excluding hydrogens is 220 g/mol. The Morgan fingerprint density at radius 1 is 1.31 bits per heavy atom. The van der Waals surface area contributed by atoms with Gasteiger partial charge < -0.3 is 5.32 Å². The zero-order valence-electron chi connectivity index (χ0n) is 9.91. The van der Waals surface area contributed by atoms with Crippen LogP contribution in [0.15, 0.2) is 18.2 Å². The lowest BCUT2D eigenvalue weighted by Gasteiger charge is -2.34. The van der Waals surface area contributed by atoms with Crippen molar-refractivity contribution in [2.45, 2.75) is 39.2 Å². The molecule has 0 aromatic carbocycles. The van der Waals surface area contributed by atoms with Gasteiger partial charge in [-0.25, -0.2) is 4.98 Å². The molecule has 88 valence electrons. The fraction of sp³-hybridized carbons (Fsp3) is 0.615. The van der Waals surface area contributed by atoms with Crippen molar-refractivity contribution in [2.24, 2.45) is 11.8 Å². The molecule has 0 amide bonds. The van der Waals surface area contributed by atoms with Crippen molar-refractivity contribution in [3.8, 4) is 0 Å². The molecule has 3 atom stereocenters. The van der Waals surface area contributed by atoms with E-state index in [-0.39, 0.29) is 0 Å². The van der Waals surface area contributed by atoms with Gasteiger partial charge in [0.25, 0.3) is 0 Å². The Morgan fingerprint density at radius 2 is 2.12 bits per heavy atom. The van der Waals surface area contributed by atoms with Gasteiger partial charge in [0.15, 0.2) is 0 Å². The van der Waals surface area contributed by atoms with Crippen molar-refractivity contribution in [3.63, 3.8) is 0 Å². The molecule has 1 fully saturated rings. The quantitative estimate of drug-likeness (QED) is 0.789. The van der Waals surface area contributed by atoms with E-state index < -0.39 is 0 Å². The monoisotopic (exact) mass is 238 g/mol. The maximum absolute atomic E-state index is 5.88. The van der Waals surface area contributed by atoms with Crippen LogP contribution in [0, 0.1) is 11.8 Å². The van der Waals surface area contributed by atoms with Gasteiger partial charge in [-0.3, -0.25) is 0 Å². The number of aromatic nitrogens is 1. The number of nitrogens with zero attached hydrogens (tertiary/aromatic N) is 1. The average molecular weight is 239 g/mol. The van der Waals surface area contributed by atoms with Crippen molar-refractivity contribution < 1.29 is 0 Å². The van der Waals surface area contributed by atoms with Crippen LogP contribution in [0.4, 0.5) is 5.82 Å². The Morgan fingerprint density at radius 3 is 2.88 bits per heavy atom. The van der Waals surface area contributed by atoms with E-state index in [4.69, 9.17) is 11.6 Å². The standard InChI is InChI=1S/C13H19ClN2/c1-9-5-3-6-11(10(9)2)15-13-8-4-7-12(14)16-13/h4,7-11H,3,5-6H2,1-2H3,(H,15,16). The van der Waals surface area contributed by atoms with Gasteiger partial charge >= 0.3 is 0 Å². The molecule has 3 heteroatoms. The number of hydrogen-bond acceptors (Lipinski definition) is 2. The molecular formula is C13H19ClN2. The summed E-state index contributed by atoms with van der Waals surface area (Å²) in [6.45, 7) is 4.66. The largest absolute Gasteiger partial charge is 0.367 e. The number of rotatable bonds is 2. The van der Waals surface area contributed by atoms with E-state index in [0.29, 0.717) is 17.1 Å². The van der Waals surface area contributed by atoms with Gasteiger partial charge in [0.05, 0.1) is 0 Å². The third-order valence-electron chi connectivity index (χ3n) is 3.76. The molecule has 0 radical (unpaired) electrons. The van der Waals surface area contributed by atoms with Gasteiger partial charge in [-0.05, 0) is 30.4 Å². The molecule has 1 aromatic rings. The van der Waals surface area contributed by atoms with E-state index in [0.717, 1.165) is 11.7 Å². The van der Waals surface area contributed by atoms with Crippen LogP contribution >= 0.6 is 11.6 Å². The number of halogens is 1. The average Bonchev–Trinajstić information content (AvgIpc) is 2.25. The highest BCUT2D eigenvalue weighted by molar-refractivity contribution is 6.29. The zero-order valence-corrected chi connectivity index (χ0v) is 10.7. The van der Waals surface area contributed by atoms with Crippen LogP contribution in [0.1, 0.15) is 33.1 Å². The summed E-state index contributed by atoms with van der Waals surface area (Å²) in [5, 5.41) is 4.06. The third-order valence-corrected chi connectivity index (χ3v) is 3.97. The summed E-state index contributed by atoms with van der Waals surface area (Å²) in [6, 6.07) is 6.27. The number of pyridine rings is 1. The van der Waals surface area contributed by atoms with Gasteiger partial charge in [-0.1, -0.05) is 44.4 Å². The SMILES string of the molecule is CC1CCCC(Nc2cccc(Cl)n2)C1C. The van der Waals surface area contributed by atoms with Crippen LogP contribution < -0.4 is 5.32 Å². The fourth-order valence-corrected chi connectivity index (χ4v) is 2.63. The lowest BCUT2D eigenvalue weighted by molar-refractivity contribution is 0.253. The van der Waals surface area contributed by atoms with Crippen LogP contribution in [0.2, 0.25) is 5.15 Å². The highest BCUT2D eigenvalue weighted by Gasteiger charge is 2.26. The summed E-state index contributed by atoms with van der Waals surface area (Å²) >= 11 is 5.88. The second-order valence-electron chi connectivity index (χ2n) is 4.86. The summed E-state index contributed by atoms with van der Waals surface area (Å²) in [4.78, 5) is 4.28. The molecule has 0 spiro atoms. The van der Waals surface area contributed by atoms with Gasteiger partial charge in [-0.15, -0.1) is 0 Å². The zero-order chi connectivity index (χ0) is 11.5. The predicted octanol–water partition coefficient (Wildman–Crippen LogP) is 3.97. The Labute approximate surface area is 102 Å². The molecule has 0 saturated heterocycles. The van der Waals surface area contributed by atoms with Crippen molar-refractivity contribution >= 4 is 17.4 Å². The van der Waals surface area contributed by atoms with E-state index in [1.807, 2.05) is 12.1 Å². The van der Waals surface area contributed by atoms with Gasteiger partial charge in [0, 0.05) is 6.04 Å². The maximum atomic E-state index is 5.88. The number of anilines is 1. The molecule has 0 bridgehead atoms. The van der Waals surface area contributed by atoms with E-state index in [9.17, 15) is 0 Å². The lowest BCUT2D eigenvalue weighted by atomic mass is 9.78. The van der Waals surface area contributed by atoms with Crippen LogP contribution in [0.5, 0.6) is 0 Å². The van der Waals surface area contributed by atoms with Crippen molar-refractivity contribution in [3.05, 3.63) is 23.4 Å². The van der Waals surface area contributed by atoms with E-state index in [1.54, 1.807) is 6.07 Å². The summed E-state index contributed by atoms with van der Waals surface area (Å²) < 4.78 is 0. The predicted molar refractivity (Wildman–Crippen MR) is 68.8 cm³/mol. The van der Waals surface area contributed by atoms with E-state index >= 15 is 0 Å². The van der Waals surface area contributed by atoms with Gasteiger partial charge in [-0.2, -0.15) is 0 Å². The van der Waals surface area contributed by atoms with Crippen LogP contribution in [0.3, 0.4) is 0 Å². The summed E-state index contributed by atoms with van der Waals surface area (Å²) in [7, 11) is 0. The molecule has 2 rings (SSSR count). The van der Waals surface area contributed by atoms with Gasteiger partial charge in [0.1, 0.15) is 11.0 Å². The second-order valence-corrected chi connectivity index (χ2v) is 5.25. The minimum Gasteiger partial charge on any atom is -0.367 e. The van der Waals surface area contributed by atoms with Crippen molar-refractivity contribution in [1.29, 1.82) is 0 Å². The molecule has 1 aliphatic carbocycles. The highest BCUT2D eigenvalue weighted by atomic mass is 35.5. The molecule has 1 heterocycles. The molecule has 2 nitrogen and oxygen atoms in total. The molecule has 1 N–H and O–H groups in total. The van der Waals surface area contributed by atoms with Crippen molar-refractivity contribution in [2.75, 3.05) is 5.32 Å². The summed E-state index contributed by atoms with van der Waals surface area (Å²) in [6.07, 6.45) is 3.89. The molecule has 3 unspecified atom stereocenters. The minimum absolute atomic E-state index is 0.537. The first-order chi connectivity index (χ1) is 7.66. The molecule has 1 saturated carbocycles. The number of nitrogens with one attached hydrogen (secondary N) is 1. The van der Waals surface area contributed by atoms with E-state index in [2.05, 4.69) is 24.1 Å². The Balaban J connectivity index is 2.03. The van der Waals surface area contributed by atoms with Crippen LogP contribution in [-0.2, 0) is 0 Å². The van der Waals surface area contributed by atoms with Crippen LogP contribution in [0.25, 0.3) is 0 Å². The first kappa shape index (κ1) is 11.7. The van der Waals surface area contributed by atoms with Crippen molar-refractivity contribution in [1.82, 2.24) is 4.98 Å². The molecule has 0 aliphatic heterocycles. The maximum Gasteiger partial charge on any atom is 0.131 e. The first-order valence-corrected chi connectivity index (χ1v) is 6.43. The Hall–Kier alpha value is -0.760. The van der Waals surface area contributed by atoms with Crippen LogP contribution in [-0.4, -0.2) is 11.0 Å². The summed E-state index contributed by atoms with van der Waals surface area (Å²) in [5.74, 6) is 2.40. The molecule has 1 aliphatic rings. The fourth-order valence-electron chi connectivity index (χ4n) is 2.46. The van der Waals surface area contributed by atoms with E-state index in [1.165, 1.54) is 19.3 Å². The molecule has 1 aromatic heterocycles. The topological polar surface area (TPSA) is 24.9 Å². The summed E-state index contributed by atoms with van der Waals surface area (Å²) in [5.41, 5.74) is 0. The van der Waals surface area contributed by atoms with Gasteiger partial charge in [0.2, 0.25) is 0 Å².